The number of benzene rings is 2. The third-order valence-corrected chi connectivity index (χ3v) is 3.68. The van der Waals surface area contributed by atoms with Gasteiger partial charge in [0.1, 0.15) is 0 Å². The fraction of sp³-hybridized carbons (Fsp3) is 0.222. The van der Waals surface area contributed by atoms with Crippen molar-refractivity contribution in [1.82, 2.24) is 5.43 Å². The first-order chi connectivity index (χ1) is 11.5. The highest BCUT2D eigenvalue weighted by atomic mass is 35.5. The lowest BCUT2D eigenvalue weighted by Gasteiger charge is -2.11. The Morgan fingerprint density at radius 2 is 1.92 bits per heavy atom. The highest BCUT2D eigenvalue weighted by Gasteiger charge is 2.02. The van der Waals surface area contributed by atoms with Gasteiger partial charge in [-0.1, -0.05) is 23.7 Å². The second-order valence-corrected chi connectivity index (χ2v) is 6.03. The molecule has 0 bridgehead atoms. The fourth-order valence-corrected chi connectivity index (χ4v) is 2.30. The van der Waals surface area contributed by atoms with Crippen LogP contribution in [-0.2, 0) is 4.79 Å². The number of amides is 1. The van der Waals surface area contributed by atoms with Gasteiger partial charge < -0.3 is 10.2 Å². The summed E-state index contributed by atoms with van der Waals surface area (Å²) >= 11 is 5.90. The summed E-state index contributed by atoms with van der Waals surface area (Å²) in [5.41, 5.74) is 6.39. The molecule has 1 amide bonds. The number of carbonyl (C=O) groups is 1. The molecule has 24 heavy (non-hydrogen) atoms. The molecule has 2 aromatic carbocycles. The lowest BCUT2D eigenvalue weighted by Crippen LogP contribution is -2.26. The topological polar surface area (TPSA) is 56.7 Å². The molecule has 0 saturated carbocycles. The van der Waals surface area contributed by atoms with Crippen molar-refractivity contribution < 1.29 is 4.79 Å². The molecule has 0 aliphatic carbocycles. The maximum absolute atomic E-state index is 11.8. The van der Waals surface area contributed by atoms with E-state index in [9.17, 15) is 4.79 Å². The van der Waals surface area contributed by atoms with Crippen LogP contribution in [0, 0.1) is 6.92 Å². The number of nitrogens with zero attached hydrogens (tertiary/aromatic N) is 2. The molecule has 0 aliphatic rings. The fourth-order valence-electron chi connectivity index (χ4n) is 2.08. The van der Waals surface area contributed by atoms with Crippen LogP contribution in [0.25, 0.3) is 0 Å². The van der Waals surface area contributed by atoms with Crippen LogP contribution in [0.1, 0.15) is 11.1 Å². The minimum atomic E-state index is -0.217. The number of anilines is 2. The molecule has 0 aromatic heterocycles. The molecule has 0 spiro atoms. The molecule has 0 aliphatic heterocycles. The van der Waals surface area contributed by atoms with Gasteiger partial charge >= 0.3 is 0 Å². The molecule has 0 radical (unpaired) electrons. The smallest absolute Gasteiger partial charge is 0.259 e. The molecule has 126 valence electrons. The average molecular weight is 345 g/mol. The zero-order chi connectivity index (χ0) is 17.5. The number of carbonyl (C=O) groups excluding carboxylic acids is 1. The van der Waals surface area contributed by atoms with Crippen LogP contribution in [0.2, 0.25) is 5.02 Å². The lowest BCUT2D eigenvalue weighted by atomic mass is 10.2. The van der Waals surface area contributed by atoms with Gasteiger partial charge in [0.05, 0.1) is 12.8 Å². The highest BCUT2D eigenvalue weighted by Crippen LogP contribution is 2.19. The number of aryl methyl sites for hydroxylation is 1. The molecular formula is C18H21ClN4O. The van der Waals surface area contributed by atoms with Gasteiger partial charge in [-0.15, -0.1) is 0 Å². The van der Waals surface area contributed by atoms with Gasteiger partial charge in [-0.2, -0.15) is 5.10 Å². The van der Waals surface area contributed by atoms with E-state index in [2.05, 4.69) is 15.8 Å². The second-order valence-electron chi connectivity index (χ2n) is 5.59. The van der Waals surface area contributed by atoms with Crippen molar-refractivity contribution in [2.45, 2.75) is 6.92 Å². The Hall–Kier alpha value is -2.53. The third kappa shape index (κ3) is 5.28. The summed E-state index contributed by atoms with van der Waals surface area (Å²) in [6.45, 7) is 2.07. The molecule has 6 heteroatoms. The van der Waals surface area contributed by atoms with E-state index in [1.54, 1.807) is 12.3 Å². The molecule has 2 aromatic rings. The SMILES string of the molecule is Cc1cc(Cl)ccc1NCC(=O)NN=Cc1ccc(N(C)C)cc1. The number of hydrazone groups is 1. The second kappa shape index (κ2) is 8.36. The monoisotopic (exact) mass is 344 g/mol. The number of halogens is 1. The zero-order valence-electron chi connectivity index (χ0n) is 14.0. The largest absolute Gasteiger partial charge is 0.378 e. The van der Waals surface area contributed by atoms with E-state index >= 15 is 0 Å². The van der Waals surface area contributed by atoms with Gasteiger partial charge in [0.2, 0.25) is 0 Å². The van der Waals surface area contributed by atoms with E-state index < -0.39 is 0 Å². The summed E-state index contributed by atoms with van der Waals surface area (Å²) < 4.78 is 0. The predicted molar refractivity (Wildman–Crippen MR) is 101 cm³/mol. The van der Waals surface area contributed by atoms with E-state index in [4.69, 9.17) is 11.6 Å². The van der Waals surface area contributed by atoms with Crippen molar-refractivity contribution >= 4 is 35.1 Å². The molecule has 2 rings (SSSR count). The molecule has 0 heterocycles. The van der Waals surface area contributed by atoms with Crippen molar-refractivity contribution in [3.8, 4) is 0 Å². The number of hydrogen-bond donors (Lipinski definition) is 2. The van der Waals surface area contributed by atoms with Gasteiger partial charge in [-0.3, -0.25) is 4.79 Å². The summed E-state index contributed by atoms with van der Waals surface area (Å²) in [7, 11) is 3.97. The molecule has 0 atom stereocenters. The Bertz CT molecular complexity index is 726. The molecule has 0 unspecified atom stereocenters. The van der Waals surface area contributed by atoms with Gasteiger partial charge in [-0.25, -0.2) is 5.43 Å². The van der Waals surface area contributed by atoms with E-state index in [1.807, 2.05) is 62.3 Å². The van der Waals surface area contributed by atoms with Gasteiger partial charge in [-0.05, 0) is 48.4 Å². The Morgan fingerprint density at radius 1 is 1.21 bits per heavy atom. The lowest BCUT2D eigenvalue weighted by molar-refractivity contribution is -0.119. The van der Waals surface area contributed by atoms with Crippen LogP contribution in [0.15, 0.2) is 47.6 Å². The van der Waals surface area contributed by atoms with Crippen molar-refractivity contribution in [2.24, 2.45) is 5.10 Å². The molecule has 2 N–H and O–H groups in total. The Labute approximate surface area is 147 Å². The van der Waals surface area contributed by atoms with Crippen molar-refractivity contribution in [1.29, 1.82) is 0 Å². The van der Waals surface area contributed by atoms with Crippen LogP contribution in [0.3, 0.4) is 0 Å². The maximum atomic E-state index is 11.8. The molecule has 0 saturated heterocycles. The minimum Gasteiger partial charge on any atom is -0.378 e. The van der Waals surface area contributed by atoms with Crippen molar-refractivity contribution in [2.75, 3.05) is 30.9 Å². The van der Waals surface area contributed by atoms with Crippen LogP contribution in [0.4, 0.5) is 11.4 Å². The van der Waals surface area contributed by atoms with E-state index in [-0.39, 0.29) is 12.5 Å². The normalized spacial score (nSPS) is 10.7. The minimum absolute atomic E-state index is 0.138. The third-order valence-electron chi connectivity index (χ3n) is 3.44. The molecule has 0 fully saturated rings. The van der Waals surface area contributed by atoms with Crippen molar-refractivity contribution in [3.63, 3.8) is 0 Å². The van der Waals surface area contributed by atoms with Gasteiger partial charge in [0.15, 0.2) is 0 Å². The number of hydrogen-bond acceptors (Lipinski definition) is 4. The molecule has 5 nitrogen and oxygen atoms in total. The van der Waals surface area contributed by atoms with E-state index in [0.29, 0.717) is 5.02 Å². The highest BCUT2D eigenvalue weighted by molar-refractivity contribution is 6.30. The first-order valence-electron chi connectivity index (χ1n) is 7.55. The Kier molecular flexibility index (Phi) is 6.21. The van der Waals surface area contributed by atoms with Gasteiger partial charge in [0, 0.05) is 30.5 Å². The predicted octanol–water partition coefficient (Wildman–Crippen LogP) is 3.28. The van der Waals surface area contributed by atoms with Crippen LogP contribution < -0.4 is 15.6 Å². The zero-order valence-corrected chi connectivity index (χ0v) is 14.8. The van der Waals surface area contributed by atoms with E-state index in [1.165, 1.54) is 0 Å². The number of nitrogens with one attached hydrogen (secondary N) is 2. The summed E-state index contributed by atoms with van der Waals surface area (Å²) in [6, 6.07) is 13.4. The van der Waals surface area contributed by atoms with Crippen LogP contribution >= 0.6 is 11.6 Å². The van der Waals surface area contributed by atoms with Crippen LogP contribution in [-0.4, -0.2) is 32.8 Å². The standard InChI is InChI=1S/C18H21ClN4O/c1-13-10-15(19)6-9-17(13)20-12-18(24)22-21-11-14-4-7-16(8-5-14)23(2)3/h4-11,20H,12H2,1-3H3,(H,22,24). The van der Waals surface area contributed by atoms with Crippen LogP contribution in [0.5, 0.6) is 0 Å². The first-order valence-corrected chi connectivity index (χ1v) is 7.93. The van der Waals surface area contributed by atoms with E-state index in [0.717, 1.165) is 22.5 Å². The first kappa shape index (κ1) is 17.8. The Morgan fingerprint density at radius 3 is 2.54 bits per heavy atom. The van der Waals surface area contributed by atoms with Gasteiger partial charge in [0.25, 0.3) is 5.91 Å². The number of rotatable bonds is 6. The quantitative estimate of drug-likeness (QED) is 0.624. The summed E-state index contributed by atoms with van der Waals surface area (Å²) in [6.07, 6.45) is 1.62. The summed E-state index contributed by atoms with van der Waals surface area (Å²) in [4.78, 5) is 13.8. The summed E-state index contributed by atoms with van der Waals surface area (Å²) in [5.74, 6) is -0.217. The molecular weight excluding hydrogens is 324 g/mol. The van der Waals surface area contributed by atoms with Crippen molar-refractivity contribution in [3.05, 3.63) is 58.6 Å². The average Bonchev–Trinajstić information content (AvgIpc) is 2.54. The summed E-state index contributed by atoms with van der Waals surface area (Å²) in [5, 5.41) is 7.70. The Balaban J connectivity index is 1.82. The maximum Gasteiger partial charge on any atom is 0.259 e.